The number of para-hydroxylation sites is 1. The molecule has 0 spiro atoms. The summed E-state index contributed by atoms with van der Waals surface area (Å²) in [6, 6.07) is 21.9. The molecule has 0 aliphatic rings. The number of rotatable bonds is 8. The van der Waals surface area contributed by atoms with Crippen LogP contribution in [0.2, 0.25) is 0 Å². The molecule has 1 heterocycles. The largest absolute Gasteiger partial charge is 0.491 e. The van der Waals surface area contributed by atoms with Crippen molar-refractivity contribution in [3.05, 3.63) is 107 Å². The Labute approximate surface area is 183 Å². The Morgan fingerprint density at radius 3 is 2.52 bits per heavy atom. The summed E-state index contributed by atoms with van der Waals surface area (Å²) in [5.74, 6) is 1.50. The Hall–Kier alpha value is -3.37. The second kappa shape index (κ2) is 9.19. The Kier molecular flexibility index (Phi) is 6.19. The first-order valence-electron chi connectivity index (χ1n) is 10.6. The number of hydrogen-bond acceptors (Lipinski definition) is 3. The van der Waals surface area contributed by atoms with E-state index in [1.165, 1.54) is 11.1 Å². The minimum atomic E-state index is -0.803. The molecule has 1 atom stereocenters. The topological polar surface area (TPSA) is 47.3 Å². The molecule has 4 rings (SSSR count). The number of ether oxygens (including phenoxy) is 1. The summed E-state index contributed by atoms with van der Waals surface area (Å²) in [7, 11) is 0. The number of aryl methyl sites for hydroxylation is 2. The minimum Gasteiger partial charge on any atom is -0.491 e. The molecule has 0 saturated carbocycles. The summed E-state index contributed by atoms with van der Waals surface area (Å²) < 4.78 is 8.21. The van der Waals surface area contributed by atoms with Gasteiger partial charge in [-0.3, -0.25) is 0 Å². The zero-order chi connectivity index (χ0) is 21.8. The van der Waals surface area contributed by atoms with Crippen LogP contribution in [0.1, 0.15) is 34.2 Å². The first kappa shape index (κ1) is 20.9. The Balaban J connectivity index is 1.67. The predicted molar refractivity (Wildman–Crippen MR) is 126 cm³/mol. The summed E-state index contributed by atoms with van der Waals surface area (Å²) in [4.78, 5) is 4.81. The van der Waals surface area contributed by atoms with Crippen LogP contribution in [0.15, 0.2) is 79.4 Å². The second-order valence-electron chi connectivity index (χ2n) is 7.81. The van der Waals surface area contributed by atoms with Crippen molar-refractivity contribution in [2.24, 2.45) is 0 Å². The normalized spacial score (nSPS) is 12.1. The number of aromatic nitrogens is 2. The van der Waals surface area contributed by atoms with Crippen LogP contribution in [0.4, 0.5) is 0 Å². The Bertz CT molecular complexity index is 1190. The van der Waals surface area contributed by atoms with Gasteiger partial charge >= 0.3 is 0 Å². The van der Waals surface area contributed by atoms with E-state index in [0.717, 1.165) is 34.3 Å². The molecule has 0 bridgehead atoms. The van der Waals surface area contributed by atoms with Gasteiger partial charge in [0.1, 0.15) is 24.3 Å². The van der Waals surface area contributed by atoms with E-state index in [0.29, 0.717) is 19.0 Å². The molecule has 158 valence electrons. The first-order chi connectivity index (χ1) is 15.1. The number of nitrogens with zero attached hydrogens (tertiary/aromatic N) is 2. The lowest BCUT2D eigenvalue weighted by atomic mass is 10.1. The average molecular weight is 413 g/mol. The molecule has 31 heavy (non-hydrogen) atoms. The second-order valence-corrected chi connectivity index (χ2v) is 7.81. The van der Waals surface area contributed by atoms with Crippen molar-refractivity contribution in [1.82, 2.24) is 9.55 Å². The summed E-state index contributed by atoms with van der Waals surface area (Å²) in [6.07, 6.45) is 1.84. The van der Waals surface area contributed by atoms with Crippen LogP contribution >= 0.6 is 0 Å². The van der Waals surface area contributed by atoms with Crippen molar-refractivity contribution in [2.45, 2.75) is 32.9 Å². The van der Waals surface area contributed by atoms with Crippen LogP contribution in [0.25, 0.3) is 11.0 Å². The molecule has 0 radical (unpaired) electrons. The average Bonchev–Trinajstić information content (AvgIpc) is 3.12. The van der Waals surface area contributed by atoms with Gasteiger partial charge in [0.05, 0.1) is 17.6 Å². The lowest BCUT2D eigenvalue weighted by molar-refractivity contribution is 0.201. The van der Waals surface area contributed by atoms with Gasteiger partial charge in [-0.2, -0.15) is 0 Å². The van der Waals surface area contributed by atoms with Crippen molar-refractivity contribution in [3.63, 3.8) is 0 Å². The highest BCUT2D eigenvalue weighted by atomic mass is 16.5. The molecule has 0 amide bonds. The number of aliphatic hydroxyl groups is 1. The van der Waals surface area contributed by atoms with Crippen molar-refractivity contribution >= 4 is 11.0 Å². The number of imidazole rings is 1. The van der Waals surface area contributed by atoms with Crippen LogP contribution in [-0.2, 0) is 13.0 Å². The van der Waals surface area contributed by atoms with Gasteiger partial charge in [0.2, 0.25) is 0 Å². The maximum Gasteiger partial charge on any atom is 0.143 e. The molecule has 1 aromatic heterocycles. The monoisotopic (exact) mass is 412 g/mol. The summed E-state index contributed by atoms with van der Waals surface area (Å²) >= 11 is 0. The van der Waals surface area contributed by atoms with Crippen molar-refractivity contribution in [2.75, 3.05) is 6.61 Å². The van der Waals surface area contributed by atoms with E-state index >= 15 is 0 Å². The van der Waals surface area contributed by atoms with Crippen LogP contribution in [-0.4, -0.2) is 21.3 Å². The summed E-state index contributed by atoms with van der Waals surface area (Å²) in [6.45, 7) is 9.07. The molecule has 1 unspecified atom stereocenters. The molecule has 4 heteroatoms. The molecule has 0 aliphatic carbocycles. The van der Waals surface area contributed by atoms with E-state index in [-0.39, 0.29) is 0 Å². The minimum absolute atomic E-state index is 0.473. The Morgan fingerprint density at radius 1 is 1.03 bits per heavy atom. The van der Waals surface area contributed by atoms with E-state index in [1.54, 1.807) is 0 Å². The lowest BCUT2D eigenvalue weighted by Crippen LogP contribution is -2.15. The SMILES string of the molecule is C=CCc1ccccc1OCCn1c(C(O)c2ccccc2)nc2cc(C)c(C)cc21. The maximum absolute atomic E-state index is 11.1. The van der Waals surface area contributed by atoms with Gasteiger partial charge in [-0.15, -0.1) is 6.58 Å². The van der Waals surface area contributed by atoms with E-state index in [2.05, 4.69) is 43.2 Å². The van der Waals surface area contributed by atoms with Crippen molar-refractivity contribution in [3.8, 4) is 5.75 Å². The van der Waals surface area contributed by atoms with Gasteiger partial charge in [-0.1, -0.05) is 54.6 Å². The summed E-state index contributed by atoms with van der Waals surface area (Å²) in [5.41, 5.74) is 6.23. The Morgan fingerprint density at radius 2 is 1.74 bits per heavy atom. The third-order valence-electron chi connectivity index (χ3n) is 5.66. The van der Waals surface area contributed by atoms with Crippen LogP contribution in [0.5, 0.6) is 5.75 Å². The summed E-state index contributed by atoms with van der Waals surface area (Å²) in [5, 5.41) is 11.1. The van der Waals surface area contributed by atoms with Gasteiger partial charge in [-0.05, 0) is 60.7 Å². The van der Waals surface area contributed by atoms with Crippen LogP contribution in [0.3, 0.4) is 0 Å². The third kappa shape index (κ3) is 4.39. The zero-order valence-corrected chi connectivity index (χ0v) is 18.1. The van der Waals surface area contributed by atoms with Gasteiger partial charge in [0.15, 0.2) is 0 Å². The molecular formula is C27H28N2O2. The molecule has 0 fully saturated rings. The number of benzene rings is 3. The lowest BCUT2D eigenvalue weighted by Gasteiger charge is -2.16. The highest BCUT2D eigenvalue weighted by molar-refractivity contribution is 5.78. The van der Waals surface area contributed by atoms with E-state index < -0.39 is 6.10 Å². The third-order valence-corrected chi connectivity index (χ3v) is 5.66. The van der Waals surface area contributed by atoms with Crippen LogP contribution < -0.4 is 4.74 Å². The van der Waals surface area contributed by atoms with E-state index in [9.17, 15) is 5.11 Å². The molecule has 0 saturated heterocycles. The fraction of sp³-hybridized carbons (Fsp3) is 0.222. The predicted octanol–water partition coefficient (Wildman–Crippen LogP) is 5.54. The molecule has 1 N–H and O–H groups in total. The van der Waals surface area contributed by atoms with Gasteiger partial charge in [-0.25, -0.2) is 4.98 Å². The highest BCUT2D eigenvalue weighted by Crippen LogP contribution is 2.28. The highest BCUT2D eigenvalue weighted by Gasteiger charge is 2.20. The molecule has 3 aromatic carbocycles. The quantitative estimate of drug-likeness (QED) is 0.386. The maximum atomic E-state index is 11.1. The van der Waals surface area contributed by atoms with Gasteiger partial charge in [0.25, 0.3) is 0 Å². The van der Waals surface area contributed by atoms with Gasteiger partial charge < -0.3 is 14.4 Å². The number of hydrogen-bond donors (Lipinski definition) is 1. The standard InChI is InChI=1S/C27H28N2O2/c1-4-10-21-11-8-9-14-25(21)31-16-15-29-24-18-20(3)19(2)17-23(24)28-27(29)26(30)22-12-6-5-7-13-22/h4-9,11-14,17-18,26,30H,1,10,15-16H2,2-3H3. The van der Waals surface area contributed by atoms with E-state index in [4.69, 9.17) is 9.72 Å². The smallest absolute Gasteiger partial charge is 0.143 e. The number of aliphatic hydroxyl groups excluding tert-OH is 1. The van der Waals surface area contributed by atoms with Gasteiger partial charge in [0, 0.05) is 0 Å². The van der Waals surface area contributed by atoms with Crippen molar-refractivity contribution < 1.29 is 9.84 Å². The fourth-order valence-electron chi connectivity index (χ4n) is 3.84. The molecule has 4 nitrogen and oxygen atoms in total. The zero-order valence-electron chi connectivity index (χ0n) is 18.1. The number of fused-ring (bicyclic) bond motifs is 1. The molecule has 0 aliphatic heterocycles. The molecular weight excluding hydrogens is 384 g/mol. The van der Waals surface area contributed by atoms with Crippen molar-refractivity contribution in [1.29, 1.82) is 0 Å². The van der Waals surface area contributed by atoms with E-state index in [1.807, 2.05) is 54.6 Å². The van der Waals surface area contributed by atoms with Crippen LogP contribution in [0, 0.1) is 13.8 Å². The molecule has 4 aromatic rings. The fourth-order valence-corrected chi connectivity index (χ4v) is 3.84. The first-order valence-corrected chi connectivity index (χ1v) is 10.6. The number of allylic oxidation sites excluding steroid dienone is 1.